The highest BCUT2D eigenvalue weighted by Crippen LogP contribution is 2.39. The molecule has 2 aliphatic heterocycles. The van der Waals surface area contributed by atoms with E-state index in [1.54, 1.807) is 6.07 Å². The van der Waals surface area contributed by atoms with E-state index in [2.05, 4.69) is 15.9 Å². The first kappa shape index (κ1) is 18.2. The Kier molecular flexibility index (Phi) is 5.30. The number of carbonyl (C=O) groups is 1. The van der Waals surface area contributed by atoms with Gasteiger partial charge in [-0.2, -0.15) is 0 Å². The summed E-state index contributed by atoms with van der Waals surface area (Å²) in [6.07, 6.45) is 5.30. The number of amides is 1. The van der Waals surface area contributed by atoms with E-state index in [1.165, 1.54) is 0 Å². The van der Waals surface area contributed by atoms with Gasteiger partial charge >= 0.3 is 6.09 Å². The van der Waals surface area contributed by atoms with E-state index in [-0.39, 0.29) is 30.6 Å². The van der Waals surface area contributed by atoms with E-state index in [9.17, 15) is 9.18 Å². The molecule has 2 aliphatic rings. The summed E-state index contributed by atoms with van der Waals surface area (Å²) < 4.78 is 20.6. The molecule has 2 unspecified atom stereocenters. The van der Waals surface area contributed by atoms with Crippen molar-refractivity contribution < 1.29 is 13.9 Å². The molecule has 0 saturated carbocycles. The standard InChI is InChI=1S/C22H21BrFNO2/c23-20-11-5-10-19(21(20)24)16-12-17-8-4-9-18(13-16)25(17)22(26)27-14-15-6-2-1-3-7-15/h1-3,5-7,10-12,17-18H,4,8-9,13-14H2. The molecule has 4 rings (SSSR count). The van der Waals surface area contributed by atoms with Crippen molar-refractivity contribution in [2.75, 3.05) is 0 Å². The molecule has 0 radical (unpaired) electrons. The monoisotopic (exact) mass is 429 g/mol. The van der Waals surface area contributed by atoms with Gasteiger partial charge in [-0.15, -0.1) is 0 Å². The van der Waals surface area contributed by atoms with Crippen LogP contribution in [0.4, 0.5) is 9.18 Å². The molecule has 2 atom stereocenters. The zero-order valence-electron chi connectivity index (χ0n) is 14.9. The van der Waals surface area contributed by atoms with Crippen molar-refractivity contribution in [3.05, 3.63) is 76.0 Å². The number of hydrogen-bond donors (Lipinski definition) is 0. The molecule has 140 valence electrons. The van der Waals surface area contributed by atoms with Crippen molar-refractivity contribution >= 4 is 27.6 Å². The quantitative estimate of drug-likeness (QED) is 0.604. The summed E-state index contributed by atoms with van der Waals surface area (Å²) in [7, 11) is 0. The van der Waals surface area contributed by atoms with Crippen molar-refractivity contribution in [2.45, 2.75) is 44.4 Å². The minimum absolute atomic E-state index is 0.0332. The number of hydrogen-bond acceptors (Lipinski definition) is 2. The molecule has 2 bridgehead atoms. The summed E-state index contributed by atoms with van der Waals surface area (Å²) in [5, 5.41) is 0. The summed E-state index contributed by atoms with van der Waals surface area (Å²) in [6.45, 7) is 0.270. The zero-order valence-corrected chi connectivity index (χ0v) is 16.5. The van der Waals surface area contributed by atoms with E-state index >= 15 is 0 Å². The van der Waals surface area contributed by atoms with Crippen LogP contribution in [-0.2, 0) is 11.3 Å². The van der Waals surface area contributed by atoms with Gasteiger partial charge in [0.15, 0.2) is 0 Å². The van der Waals surface area contributed by atoms with E-state index in [0.717, 1.165) is 30.4 Å². The number of halogens is 2. The van der Waals surface area contributed by atoms with Gasteiger partial charge < -0.3 is 4.74 Å². The molecule has 0 aromatic heterocycles. The van der Waals surface area contributed by atoms with E-state index in [1.807, 2.05) is 53.4 Å². The zero-order chi connectivity index (χ0) is 18.8. The highest BCUT2D eigenvalue weighted by Gasteiger charge is 2.38. The Morgan fingerprint density at radius 3 is 2.74 bits per heavy atom. The van der Waals surface area contributed by atoms with Crippen LogP contribution in [0.2, 0.25) is 0 Å². The molecule has 1 saturated heterocycles. The predicted molar refractivity (Wildman–Crippen MR) is 107 cm³/mol. The third kappa shape index (κ3) is 3.79. The number of benzene rings is 2. The molecule has 0 spiro atoms. The van der Waals surface area contributed by atoms with Crippen LogP contribution in [0.15, 0.2) is 59.1 Å². The molecule has 0 N–H and O–H groups in total. The van der Waals surface area contributed by atoms with Gasteiger partial charge in [0.05, 0.1) is 10.5 Å². The molecule has 2 heterocycles. The lowest BCUT2D eigenvalue weighted by Gasteiger charge is -2.44. The molecule has 2 aromatic carbocycles. The largest absolute Gasteiger partial charge is 0.445 e. The second kappa shape index (κ2) is 7.85. The van der Waals surface area contributed by atoms with Crippen molar-refractivity contribution in [1.82, 2.24) is 4.90 Å². The molecule has 1 amide bonds. The summed E-state index contributed by atoms with van der Waals surface area (Å²) in [5.74, 6) is -0.234. The first-order valence-corrected chi connectivity index (χ1v) is 10.1. The van der Waals surface area contributed by atoms with Crippen LogP contribution in [0.3, 0.4) is 0 Å². The number of carbonyl (C=O) groups excluding carboxylic acids is 1. The minimum atomic E-state index is -0.279. The number of fused-ring (bicyclic) bond motifs is 2. The maximum Gasteiger partial charge on any atom is 0.410 e. The fourth-order valence-electron chi connectivity index (χ4n) is 4.06. The second-order valence-corrected chi connectivity index (χ2v) is 7.95. The second-order valence-electron chi connectivity index (χ2n) is 7.10. The Labute approximate surface area is 167 Å². The first-order valence-electron chi connectivity index (χ1n) is 9.27. The highest BCUT2D eigenvalue weighted by atomic mass is 79.9. The smallest absolute Gasteiger partial charge is 0.410 e. The maximum atomic E-state index is 14.5. The summed E-state index contributed by atoms with van der Waals surface area (Å²) in [5.41, 5.74) is 2.58. The number of piperidine rings is 1. The molecule has 5 heteroatoms. The van der Waals surface area contributed by atoms with Crippen LogP contribution in [0.1, 0.15) is 36.8 Å². The van der Waals surface area contributed by atoms with Crippen LogP contribution in [0.5, 0.6) is 0 Å². The summed E-state index contributed by atoms with van der Waals surface area (Å²) >= 11 is 3.27. The average molecular weight is 430 g/mol. The minimum Gasteiger partial charge on any atom is -0.445 e. The molecule has 3 nitrogen and oxygen atoms in total. The number of ether oxygens (including phenoxy) is 1. The highest BCUT2D eigenvalue weighted by molar-refractivity contribution is 9.10. The van der Waals surface area contributed by atoms with Gasteiger partial charge in [-0.1, -0.05) is 48.5 Å². The van der Waals surface area contributed by atoms with Gasteiger partial charge in [0.2, 0.25) is 0 Å². The van der Waals surface area contributed by atoms with Gasteiger partial charge in [-0.05, 0) is 58.8 Å². The van der Waals surface area contributed by atoms with Crippen LogP contribution >= 0.6 is 15.9 Å². The number of nitrogens with zero attached hydrogens (tertiary/aromatic N) is 1. The normalized spacial score (nSPS) is 21.6. The van der Waals surface area contributed by atoms with E-state index < -0.39 is 0 Å². The van der Waals surface area contributed by atoms with E-state index in [0.29, 0.717) is 16.5 Å². The van der Waals surface area contributed by atoms with Gasteiger partial charge in [-0.25, -0.2) is 9.18 Å². The van der Waals surface area contributed by atoms with Crippen LogP contribution in [0.25, 0.3) is 5.57 Å². The van der Waals surface area contributed by atoms with Gasteiger partial charge in [0.25, 0.3) is 0 Å². The summed E-state index contributed by atoms with van der Waals surface area (Å²) in [4.78, 5) is 14.6. The topological polar surface area (TPSA) is 29.5 Å². The Hall–Kier alpha value is -2.14. The van der Waals surface area contributed by atoms with E-state index in [4.69, 9.17) is 4.74 Å². The van der Waals surface area contributed by atoms with Gasteiger partial charge in [-0.3, -0.25) is 4.90 Å². The molecular weight excluding hydrogens is 409 g/mol. The molecule has 27 heavy (non-hydrogen) atoms. The van der Waals surface area contributed by atoms with Crippen LogP contribution in [-0.4, -0.2) is 23.1 Å². The maximum absolute atomic E-state index is 14.5. The van der Waals surface area contributed by atoms with Crippen LogP contribution < -0.4 is 0 Å². The molecule has 1 fully saturated rings. The van der Waals surface area contributed by atoms with Crippen molar-refractivity contribution in [2.24, 2.45) is 0 Å². The lowest BCUT2D eigenvalue weighted by atomic mass is 9.83. The Bertz CT molecular complexity index is 868. The lowest BCUT2D eigenvalue weighted by molar-refractivity contribution is 0.0510. The van der Waals surface area contributed by atoms with Crippen molar-refractivity contribution in [3.63, 3.8) is 0 Å². The fourth-order valence-corrected chi connectivity index (χ4v) is 4.43. The molecule has 0 aliphatic carbocycles. The Morgan fingerprint density at radius 1 is 1.15 bits per heavy atom. The van der Waals surface area contributed by atoms with Crippen molar-refractivity contribution in [3.8, 4) is 0 Å². The predicted octanol–water partition coefficient (Wildman–Crippen LogP) is 5.94. The van der Waals surface area contributed by atoms with Crippen LogP contribution in [0, 0.1) is 5.82 Å². The first-order chi connectivity index (χ1) is 13.1. The third-order valence-electron chi connectivity index (χ3n) is 5.35. The molecular formula is C22H21BrFNO2. The molecule has 2 aromatic rings. The van der Waals surface area contributed by atoms with Gasteiger partial charge in [0.1, 0.15) is 12.4 Å². The third-order valence-corrected chi connectivity index (χ3v) is 5.96. The van der Waals surface area contributed by atoms with Gasteiger partial charge in [0, 0.05) is 11.6 Å². The number of rotatable bonds is 3. The Balaban J connectivity index is 1.53. The Morgan fingerprint density at radius 2 is 1.96 bits per heavy atom. The van der Waals surface area contributed by atoms with Crippen molar-refractivity contribution in [1.29, 1.82) is 0 Å². The lowest BCUT2D eigenvalue weighted by Crippen LogP contribution is -2.51. The average Bonchev–Trinajstić information content (AvgIpc) is 2.68. The summed E-state index contributed by atoms with van der Waals surface area (Å²) in [6, 6.07) is 15.1. The fraction of sp³-hybridized carbons (Fsp3) is 0.318. The SMILES string of the molecule is O=C(OCc1ccccc1)N1C2C=C(c3cccc(Br)c3F)CC1CCC2.